The normalized spacial score (nSPS) is 12.1. The third-order valence-electron chi connectivity index (χ3n) is 10.9. The van der Waals surface area contributed by atoms with Crippen molar-refractivity contribution < 1.29 is 28.6 Å². The molecule has 0 aromatic rings. The Kier molecular flexibility index (Phi) is 44.9. The molecule has 57 heavy (non-hydrogen) atoms. The second-order valence-corrected chi connectivity index (χ2v) is 16.7. The maximum Gasteiger partial charge on any atom is 0.306 e. The van der Waals surface area contributed by atoms with Gasteiger partial charge in [-0.2, -0.15) is 0 Å². The molecular weight excluding hydrogens is 709 g/mol. The van der Waals surface area contributed by atoms with Crippen LogP contribution in [0.3, 0.4) is 0 Å². The first-order valence-electron chi connectivity index (χ1n) is 24.8. The molecule has 0 bridgehead atoms. The second kappa shape index (κ2) is 46.6. The SMILES string of the molecule is CCCCC/C=C\CCCCCCCC(=O)OC(COC(=O)CCCCCCCCC/C=C\CCCCCCCCC)COC(=O)CCCCCCCCCCC. The van der Waals surface area contributed by atoms with Gasteiger partial charge in [0.05, 0.1) is 0 Å². The minimum atomic E-state index is -0.771. The topological polar surface area (TPSA) is 78.9 Å². The van der Waals surface area contributed by atoms with E-state index in [0.29, 0.717) is 19.3 Å². The number of unbranched alkanes of at least 4 members (excludes halogenated alkanes) is 30. The lowest BCUT2D eigenvalue weighted by molar-refractivity contribution is -0.167. The molecule has 0 aliphatic heterocycles. The number of carbonyl (C=O) groups excluding carboxylic acids is 3. The summed E-state index contributed by atoms with van der Waals surface area (Å²) in [6.45, 7) is 6.60. The maximum atomic E-state index is 12.7. The molecule has 6 nitrogen and oxygen atoms in total. The molecule has 6 heteroatoms. The first kappa shape index (κ1) is 54.9. The number of carbonyl (C=O) groups is 3. The monoisotopic (exact) mass is 803 g/mol. The van der Waals surface area contributed by atoms with Crippen molar-refractivity contribution in [3.05, 3.63) is 24.3 Å². The summed E-state index contributed by atoms with van der Waals surface area (Å²) in [4.78, 5) is 37.8. The molecule has 0 aliphatic rings. The van der Waals surface area contributed by atoms with Crippen molar-refractivity contribution in [2.45, 2.75) is 271 Å². The zero-order valence-corrected chi connectivity index (χ0v) is 38.1. The molecule has 0 radical (unpaired) electrons. The molecule has 0 aromatic carbocycles. The Labute approximate surface area is 353 Å². The summed E-state index contributed by atoms with van der Waals surface area (Å²) in [5.74, 6) is -0.881. The van der Waals surface area contributed by atoms with Gasteiger partial charge >= 0.3 is 17.9 Å². The van der Waals surface area contributed by atoms with Gasteiger partial charge in [0.2, 0.25) is 0 Å². The van der Waals surface area contributed by atoms with Gasteiger partial charge in [-0.3, -0.25) is 14.4 Å². The highest BCUT2D eigenvalue weighted by Gasteiger charge is 2.19. The summed E-state index contributed by atoms with van der Waals surface area (Å²) in [5, 5.41) is 0. The third kappa shape index (κ3) is 44.8. The van der Waals surface area contributed by atoms with E-state index in [-0.39, 0.29) is 31.1 Å². The van der Waals surface area contributed by atoms with Gasteiger partial charge in [0.25, 0.3) is 0 Å². The van der Waals surface area contributed by atoms with E-state index in [1.54, 1.807) is 0 Å². The van der Waals surface area contributed by atoms with Crippen molar-refractivity contribution in [1.82, 2.24) is 0 Å². The van der Waals surface area contributed by atoms with Crippen molar-refractivity contribution in [3.8, 4) is 0 Å². The molecule has 0 N–H and O–H groups in total. The molecule has 0 spiro atoms. The van der Waals surface area contributed by atoms with Crippen LogP contribution in [0.1, 0.15) is 265 Å². The van der Waals surface area contributed by atoms with Gasteiger partial charge in [0.1, 0.15) is 13.2 Å². The standard InChI is InChI=1S/C51H94O6/c1-4-7-10-13-16-19-21-23-24-25-26-27-28-30-32-35-38-41-44-50(53)56-47-48(46-55-49(52)43-40-37-34-31-18-15-12-9-6-3)57-51(54)45-42-39-36-33-29-22-20-17-14-11-8-5-2/h17,20,24-25,48H,4-16,18-19,21-23,26-47H2,1-3H3/b20-17-,25-24-. The Morgan fingerprint density at radius 2 is 0.579 bits per heavy atom. The molecule has 0 amide bonds. The Bertz CT molecular complexity index is 927. The third-order valence-corrected chi connectivity index (χ3v) is 10.9. The molecule has 0 fully saturated rings. The first-order valence-corrected chi connectivity index (χ1v) is 24.8. The van der Waals surface area contributed by atoms with Gasteiger partial charge in [0.15, 0.2) is 6.10 Å². The average Bonchev–Trinajstić information content (AvgIpc) is 3.21. The molecule has 334 valence electrons. The molecule has 0 aromatic heterocycles. The zero-order valence-electron chi connectivity index (χ0n) is 38.1. The maximum absolute atomic E-state index is 12.7. The lowest BCUT2D eigenvalue weighted by Gasteiger charge is -2.18. The summed E-state index contributed by atoms with van der Waals surface area (Å²) >= 11 is 0. The Morgan fingerprint density at radius 1 is 0.333 bits per heavy atom. The molecule has 0 saturated heterocycles. The van der Waals surface area contributed by atoms with Crippen LogP contribution < -0.4 is 0 Å². The Morgan fingerprint density at radius 3 is 0.912 bits per heavy atom. The van der Waals surface area contributed by atoms with Gasteiger partial charge in [-0.1, -0.05) is 199 Å². The predicted octanol–water partition coefficient (Wildman–Crippen LogP) is 16.0. The van der Waals surface area contributed by atoms with Crippen molar-refractivity contribution in [2.75, 3.05) is 13.2 Å². The number of rotatable bonds is 45. The van der Waals surface area contributed by atoms with Gasteiger partial charge in [-0.25, -0.2) is 0 Å². The summed E-state index contributed by atoms with van der Waals surface area (Å²) in [6.07, 6.45) is 51.6. The van der Waals surface area contributed by atoms with E-state index in [4.69, 9.17) is 14.2 Å². The molecule has 1 atom stereocenters. The van der Waals surface area contributed by atoms with Gasteiger partial charge in [-0.05, 0) is 70.6 Å². The quantitative estimate of drug-likeness (QED) is 0.0264. The molecule has 0 aliphatic carbocycles. The molecule has 0 heterocycles. The number of hydrogen-bond donors (Lipinski definition) is 0. The highest BCUT2D eigenvalue weighted by atomic mass is 16.6. The van der Waals surface area contributed by atoms with Crippen LogP contribution in [0.25, 0.3) is 0 Å². The fourth-order valence-electron chi connectivity index (χ4n) is 7.14. The highest BCUT2D eigenvalue weighted by molar-refractivity contribution is 5.71. The first-order chi connectivity index (χ1) is 28.0. The summed E-state index contributed by atoms with van der Waals surface area (Å²) in [7, 11) is 0. The van der Waals surface area contributed by atoms with Crippen LogP contribution in [0, 0.1) is 0 Å². The lowest BCUT2D eigenvalue weighted by Crippen LogP contribution is -2.30. The fraction of sp³-hybridized carbons (Fsp3) is 0.863. The van der Waals surface area contributed by atoms with Crippen molar-refractivity contribution in [2.24, 2.45) is 0 Å². The number of hydrogen-bond acceptors (Lipinski definition) is 6. The lowest BCUT2D eigenvalue weighted by atomic mass is 10.1. The second-order valence-electron chi connectivity index (χ2n) is 16.7. The summed E-state index contributed by atoms with van der Waals surface area (Å²) in [5.41, 5.74) is 0. The molecular formula is C51H94O6. The van der Waals surface area contributed by atoms with Gasteiger partial charge in [-0.15, -0.1) is 0 Å². The van der Waals surface area contributed by atoms with E-state index in [9.17, 15) is 14.4 Å². The zero-order chi connectivity index (χ0) is 41.5. The van der Waals surface area contributed by atoms with Crippen LogP contribution in [0.2, 0.25) is 0 Å². The Hall–Kier alpha value is -2.11. The van der Waals surface area contributed by atoms with Crippen LogP contribution in [-0.4, -0.2) is 37.2 Å². The van der Waals surface area contributed by atoms with Crippen LogP contribution in [0.5, 0.6) is 0 Å². The summed E-state index contributed by atoms with van der Waals surface area (Å²) < 4.78 is 16.7. The highest BCUT2D eigenvalue weighted by Crippen LogP contribution is 2.15. The summed E-state index contributed by atoms with van der Waals surface area (Å²) in [6, 6.07) is 0. The van der Waals surface area contributed by atoms with Gasteiger partial charge in [0, 0.05) is 19.3 Å². The number of allylic oxidation sites excluding steroid dienone is 4. The van der Waals surface area contributed by atoms with E-state index in [2.05, 4.69) is 45.1 Å². The molecule has 0 saturated carbocycles. The average molecular weight is 803 g/mol. The minimum Gasteiger partial charge on any atom is -0.462 e. The molecule has 0 rings (SSSR count). The molecule has 1 unspecified atom stereocenters. The van der Waals surface area contributed by atoms with Crippen molar-refractivity contribution >= 4 is 17.9 Å². The van der Waals surface area contributed by atoms with E-state index < -0.39 is 6.10 Å². The van der Waals surface area contributed by atoms with E-state index in [0.717, 1.165) is 64.2 Å². The fourth-order valence-corrected chi connectivity index (χ4v) is 7.14. The Balaban J connectivity index is 4.28. The van der Waals surface area contributed by atoms with E-state index in [1.807, 2.05) is 0 Å². The minimum absolute atomic E-state index is 0.0732. The smallest absolute Gasteiger partial charge is 0.306 e. The largest absolute Gasteiger partial charge is 0.462 e. The van der Waals surface area contributed by atoms with Crippen molar-refractivity contribution in [3.63, 3.8) is 0 Å². The van der Waals surface area contributed by atoms with Crippen LogP contribution in [0.15, 0.2) is 24.3 Å². The van der Waals surface area contributed by atoms with Crippen LogP contribution in [-0.2, 0) is 28.6 Å². The number of esters is 3. The van der Waals surface area contributed by atoms with Gasteiger partial charge < -0.3 is 14.2 Å². The van der Waals surface area contributed by atoms with E-state index in [1.165, 1.54) is 161 Å². The predicted molar refractivity (Wildman–Crippen MR) is 243 cm³/mol. The number of ether oxygens (including phenoxy) is 3. The van der Waals surface area contributed by atoms with Crippen molar-refractivity contribution in [1.29, 1.82) is 0 Å². The van der Waals surface area contributed by atoms with E-state index >= 15 is 0 Å². The van der Waals surface area contributed by atoms with Crippen LogP contribution in [0.4, 0.5) is 0 Å². The van der Waals surface area contributed by atoms with Crippen LogP contribution >= 0.6 is 0 Å².